The van der Waals surface area contributed by atoms with Gasteiger partial charge < -0.3 is 0 Å². The Morgan fingerprint density at radius 1 is 1.75 bits per heavy atom. The summed E-state index contributed by atoms with van der Waals surface area (Å²) >= 11 is -1.86. The van der Waals surface area contributed by atoms with Gasteiger partial charge in [0.25, 0.3) is 0 Å². The van der Waals surface area contributed by atoms with Gasteiger partial charge in [-0.2, -0.15) is 0 Å². The van der Waals surface area contributed by atoms with Crippen molar-refractivity contribution in [3.8, 4) is 0 Å². The van der Waals surface area contributed by atoms with E-state index in [1.165, 1.54) is 0 Å². The fourth-order valence-electron chi connectivity index (χ4n) is 0.336. The maximum atomic E-state index is 8.86. The number of aliphatic hydroxyl groups is 1. The molecule has 0 aromatic rings. The molecule has 0 rings (SSSR count). The van der Waals surface area contributed by atoms with Crippen LogP contribution in [0.25, 0.3) is 0 Å². The van der Waals surface area contributed by atoms with Crippen LogP contribution in [0.15, 0.2) is 0 Å². The molecule has 0 heterocycles. The van der Waals surface area contributed by atoms with Crippen molar-refractivity contribution in [2.75, 3.05) is 6.54 Å². The first kappa shape index (κ1) is 8.44. The summed E-state index contributed by atoms with van der Waals surface area (Å²) in [4.78, 5) is -0.507. The fourth-order valence-corrected chi connectivity index (χ4v) is 1.43. The first-order valence-electron chi connectivity index (χ1n) is 2.48. The first-order chi connectivity index (χ1) is 3.68. The van der Waals surface area contributed by atoms with E-state index in [9.17, 15) is 0 Å². The molecule has 3 nitrogen and oxygen atoms in total. The van der Waals surface area contributed by atoms with Crippen molar-refractivity contribution in [3.63, 3.8) is 0 Å². The third kappa shape index (κ3) is 3.44. The zero-order valence-electron chi connectivity index (χ0n) is 4.91. The topological polar surface area (TPSA) is 66.5 Å². The Morgan fingerprint density at radius 3 is 2.38 bits per heavy atom. The van der Waals surface area contributed by atoms with Crippen molar-refractivity contribution in [3.05, 3.63) is 0 Å². The quantitative estimate of drug-likeness (QED) is 0.481. The van der Waals surface area contributed by atoms with Crippen LogP contribution < -0.4 is 5.73 Å². The summed E-state index contributed by atoms with van der Waals surface area (Å²) in [5, 5.41) is 8.86. The van der Waals surface area contributed by atoms with Crippen LogP contribution in [0.5, 0.6) is 0 Å². The summed E-state index contributed by atoms with van der Waals surface area (Å²) in [5.41, 5.74) is 6.81. The summed E-state index contributed by atoms with van der Waals surface area (Å²) < 4.78 is 8.79. The van der Waals surface area contributed by atoms with Gasteiger partial charge in [0.15, 0.2) is 0 Å². The number of hydrogen-bond donors (Lipinski definition) is 3. The zero-order valence-corrected chi connectivity index (χ0v) is 6.79. The molecule has 2 atom stereocenters. The molecule has 4 N–H and O–H groups in total. The maximum absolute atomic E-state index is 8.86. The van der Waals surface area contributed by atoms with E-state index in [2.05, 4.69) is 0 Å². The minimum atomic E-state index is -1.86. The van der Waals surface area contributed by atoms with Crippen LogP contribution >= 0.6 is 0 Å². The molecule has 0 spiro atoms. The molecule has 0 aliphatic rings. The molecule has 0 aliphatic carbocycles. The molecule has 2 unspecified atom stereocenters. The Morgan fingerprint density at radius 2 is 2.25 bits per heavy atom. The SMILES string of the molecule is C[As](O)C(O)CCN. The zero-order chi connectivity index (χ0) is 6.57. The minimum absolute atomic E-state index is 0.459. The van der Waals surface area contributed by atoms with Crippen LogP contribution in [0.3, 0.4) is 0 Å². The van der Waals surface area contributed by atoms with Gasteiger partial charge in [0.1, 0.15) is 0 Å². The molecule has 0 aromatic carbocycles. The van der Waals surface area contributed by atoms with E-state index in [0.717, 1.165) is 0 Å². The van der Waals surface area contributed by atoms with E-state index in [0.29, 0.717) is 13.0 Å². The second-order valence-corrected chi connectivity index (χ2v) is 5.29. The van der Waals surface area contributed by atoms with Gasteiger partial charge in [-0.15, -0.1) is 0 Å². The van der Waals surface area contributed by atoms with Gasteiger partial charge in [-0.25, -0.2) is 0 Å². The molecule has 0 bridgehead atoms. The summed E-state index contributed by atoms with van der Waals surface area (Å²) in [5.74, 6) is 0. The summed E-state index contributed by atoms with van der Waals surface area (Å²) in [7, 11) is 0. The first-order valence-corrected chi connectivity index (χ1v) is 6.28. The standard InChI is InChI=1S/C4H12AsNO2/c1-5(8)4(7)2-3-6/h4,7-8H,2-3,6H2,1H3. The van der Waals surface area contributed by atoms with Crippen molar-refractivity contribution in [1.82, 2.24) is 0 Å². The predicted molar refractivity (Wildman–Crippen MR) is 33.5 cm³/mol. The average molecular weight is 181 g/mol. The third-order valence-electron chi connectivity index (χ3n) is 0.856. The van der Waals surface area contributed by atoms with Crippen molar-refractivity contribution in [2.24, 2.45) is 5.73 Å². The Kier molecular flexibility index (Phi) is 4.57. The van der Waals surface area contributed by atoms with Crippen LogP contribution in [0.4, 0.5) is 0 Å². The molecular weight excluding hydrogens is 169 g/mol. The molecule has 0 saturated heterocycles. The molecule has 0 amide bonds. The van der Waals surface area contributed by atoms with Crippen LogP contribution in [0, 0.1) is 0 Å². The molecule has 0 aliphatic heterocycles. The third-order valence-corrected chi connectivity index (χ3v) is 3.21. The van der Waals surface area contributed by atoms with Gasteiger partial charge in [0, 0.05) is 0 Å². The Labute approximate surface area is 54.1 Å². The van der Waals surface area contributed by atoms with Gasteiger partial charge >= 0.3 is 53.5 Å². The molecule has 8 heavy (non-hydrogen) atoms. The van der Waals surface area contributed by atoms with Crippen LogP contribution in [0.2, 0.25) is 5.71 Å². The van der Waals surface area contributed by atoms with Gasteiger partial charge in [0.05, 0.1) is 0 Å². The van der Waals surface area contributed by atoms with E-state index >= 15 is 0 Å². The van der Waals surface area contributed by atoms with E-state index in [1.54, 1.807) is 5.71 Å². The van der Waals surface area contributed by atoms with Crippen molar-refractivity contribution >= 4 is 15.0 Å². The van der Waals surface area contributed by atoms with Gasteiger partial charge in [0.2, 0.25) is 0 Å². The molecule has 4 heteroatoms. The molecule has 50 valence electrons. The summed E-state index contributed by atoms with van der Waals surface area (Å²) in [6.07, 6.45) is 0.535. The van der Waals surface area contributed by atoms with E-state index in [4.69, 9.17) is 14.9 Å². The normalized spacial score (nSPS) is 18.0. The van der Waals surface area contributed by atoms with Crippen LogP contribution in [0.1, 0.15) is 6.42 Å². The fraction of sp³-hybridized carbons (Fsp3) is 1.00. The summed E-state index contributed by atoms with van der Waals surface area (Å²) in [6, 6.07) is 0. The van der Waals surface area contributed by atoms with E-state index < -0.39 is 19.9 Å². The van der Waals surface area contributed by atoms with E-state index in [-0.39, 0.29) is 0 Å². The molecule has 0 fully saturated rings. The number of aliphatic hydroxyl groups excluding tert-OH is 1. The Bertz CT molecular complexity index is 60.0. The molecule has 0 radical (unpaired) electrons. The molecule has 0 saturated carbocycles. The van der Waals surface area contributed by atoms with Gasteiger partial charge in [-0.05, 0) is 0 Å². The van der Waals surface area contributed by atoms with Crippen molar-refractivity contribution in [2.45, 2.75) is 17.0 Å². The van der Waals surface area contributed by atoms with Crippen LogP contribution in [-0.4, -0.2) is 35.6 Å². The van der Waals surface area contributed by atoms with E-state index in [1.807, 2.05) is 0 Å². The predicted octanol–water partition coefficient (Wildman–Crippen LogP) is -1.15. The average Bonchev–Trinajstić information content (AvgIpc) is 1.67. The Balaban J connectivity index is 3.17. The van der Waals surface area contributed by atoms with Crippen LogP contribution in [-0.2, 0) is 0 Å². The summed E-state index contributed by atoms with van der Waals surface area (Å²) in [6.45, 7) is 0.459. The monoisotopic (exact) mass is 181 g/mol. The number of rotatable bonds is 3. The second-order valence-electron chi connectivity index (χ2n) is 1.63. The number of nitrogens with two attached hydrogens (primary N) is 1. The molecule has 0 aromatic heterocycles. The molecular formula is C4H12AsNO2. The van der Waals surface area contributed by atoms with Crippen molar-refractivity contribution in [1.29, 1.82) is 0 Å². The second kappa shape index (κ2) is 4.33. The Hall–Kier alpha value is 0.438. The number of hydrogen-bond acceptors (Lipinski definition) is 3. The van der Waals surface area contributed by atoms with Gasteiger partial charge in [-0.1, -0.05) is 0 Å². The van der Waals surface area contributed by atoms with Crippen molar-refractivity contribution < 1.29 is 9.20 Å². The van der Waals surface area contributed by atoms with Gasteiger partial charge in [-0.3, -0.25) is 0 Å².